The van der Waals surface area contributed by atoms with Crippen molar-refractivity contribution in [2.45, 2.75) is 25.3 Å². The second-order valence-electron chi connectivity index (χ2n) is 5.24. The molecule has 1 aliphatic carbocycles. The number of aromatic nitrogens is 1. The minimum atomic E-state index is -0.110. The molecule has 2 heterocycles. The normalized spacial score (nSPS) is 28.3. The van der Waals surface area contributed by atoms with E-state index in [4.69, 9.17) is 5.73 Å². The van der Waals surface area contributed by atoms with Gasteiger partial charge in [-0.15, -0.1) is 0 Å². The summed E-state index contributed by atoms with van der Waals surface area (Å²) in [4.78, 5) is 10.9. The Morgan fingerprint density at radius 3 is 3.00 bits per heavy atom. The largest absolute Gasteiger partial charge is 0.370 e. The summed E-state index contributed by atoms with van der Waals surface area (Å²) in [5.41, 5.74) is 7.11. The average molecular weight is 230 g/mol. The third kappa shape index (κ3) is 1.77. The van der Waals surface area contributed by atoms with Gasteiger partial charge in [-0.2, -0.15) is 0 Å². The third-order valence-electron chi connectivity index (χ3n) is 3.84. The van der Waals surface area contributed by atoms with Gasteiger partial charge in [0.25, 0.3) is 0 Å². The fraction of sp³-hybridized carbons (Fsp3) is 0.538. The van der Waals surface area contributed by atoms with Crippen LogP contribution in [0.3, 0.4) is 0 Å². The van der Waals surface area contributed by atoms with Gasteiger partial charge in [-0.1, -0.05) is 6.07 Å². The van der Waals surface area contributed by atoms with Crippen molar-refractivity contribution in [2.75, 3.05) is 13.1 Å². The topological polar surface area (TPSA) is 54.5 Å². The number of rotatable bonds is 3. The fourth-order valence-corrected chi connectivity index (χ4v) is 2.44. The minimum absolute atomic E-state index is 0.110. The molecule has 0 radical (unpaired) electrons. The Morgan fingerprint density at radius 1 is 1.53 bits per heavy atom. The van der Waals surface area contributed by atoms with Crippen LogP contribution in [0.15, 0.2) is 29.5 Å². The molecule has 0 saturated heterocycles. The number of aliphatic imine (C=N–C) groups is 1. The van der Waals surface area contributed by atoms with E-state index in [1.165, 1.54) is 18.4 Å². The molecule has 1 saturated carbocycles. The SMILES string of the molecule is CC1(c2cccnc2)CN=C(N)N1CC1CC1. The van der Waals surface area contributed by atoms with Crippen molar-refractivity contribution in [2.24, 2.45) is 16.6 Å². The van der Waals surface area contributed by atoms with Crippen molar-refractivity contribution in [3.63, 3.8) is 0 Å². The van der Waals surface area contributed by atoms with E-state index in [1.807, 2.05) is 12.3 Å². The molecular formula is C13H18N4. The Bertz CT molecular complexity index is 438. The molecule has 4 nitrogen and oxygen atoms in total. The summed E-state index contributed by atoms with van der Waals surface area (Å²) in [6, 6.07) is 4.09. The predicted octanol–water partition coefficient (Wildman–Crippen LogP) is 1.34. The van der Waals surface area contributed by atoms with Crippen LogP contribution in [0, 0.1) is 5.92 Å². The molecule has 1 aliphatic heterocycles. The molecule has 17 heavy (non-hydrogen) atoms. The van der Waals surface area contributed by atoms with Crippen LogP contribution < -0.4 is 5.73 Å². The van der Waals surface area contributed by atoms with E-state index in [9.17, 15) is 0 Å². The summed E-state index contributed by atoms with van der Waals surface area (Å²) in [6.45, 7) is 3.97. The van der Waals surface area contributed by atoms with Crippen LogP contribution in [0.4, 0.5) is 0 Å². The van der Waals surface area contributed by atoms with Crippen molar-refractivity contribution in [1.29, 1.82) is 0 Å². The number of hydrogen-bond donors (Lipinski definition) is 1. The number of guanidine groups is 1. The molecule has 90 valence electrons. The van der Waals surface area contributed by atoms with Gasteiger partial charge in [0.1, 0.15) is 0 Å². The van der Waals surface area contributed by atoms with Crippen molar-refractivity contribution in [1.82, 2.24) is 9.88 Å². The zero-order chi connectivity index (χ0) is 11.9. The Kier molecular flexibility index (Phi) is 2.31. The first-order valence-electron chi connectivity index (χ1n) is 6.18. The minimum Gasteiger partial charge on any atom is -0.370 e. The summed E-state index contributed by atoms with van der Waals surface area (Å²) >= 11 is 0. The molecule has 1 atom stereocenters. The molecule has 1 fully saturated rings. The fourth-order valence-electron chi connectivity index (χ4n) is 2.44. The van der Waals surface area contributed by atoms with Crippen LogP contribution in [0.25, 0.3) is 0 Å². The van der Waals surface area contributed by atoms with Gasteiger partial charge in [0.05, 0.1) is 12.1 Å². The smallest absolute Gasteiger partial charge is 0.192 e. The zero-order valence-electron chi connectivity index (χ0n) is 10.1. The highest BCUT2D eigenvalue weighted by Gasteiger charge is 2.42. The first-order valence-corrected chi connectivity index (χ1v) is 6.18. The maximum Gasteiger partial charge on any atom is 0.192 e. The molecule has 0 amide bonds. The van der Waals surface area contributed by atoms with Crippen LogP contribution >= 0.6 is 0 Å². The van der Waals surface area contributed by atoms with E-state index in [1.54, 1.807) is 6.20 Å². The molecule has 4 heteroatoms. The van der Waals surface area contributed by atoms with Gasteiger partial charge in [-0.25, -0.2) is 0 Å². The monoisotopic (exact) mass is 230 g/mol. The van der Waals surface area contributed by atoms with Crippen LogP contribution in [0.1, 0.15) is 25.3 Å². The van der Waals surface area contributed by atoms with Crippen molar-refractivity contribution in [3.8, 4) is 0 Å². The van der Waals surface area contributed by atoms with E-state index >= 15 is 0 Å². The number of hydrogen-bond acceptors (Lipinski definition) is 4. The number of nitrogens with two attached hydrogens (primary N) is 1. The van der Waals surface area contributed by atoms with Crippen LogP contribution in [0.2, 0.25) is 0 Å². The lowest BCUT2D eigenvalue weighted by Gasteiger charge is -2.36. The standard InChI is InChI=1S/C13H18N4/c1-13(11-3-2-6-15-7-11)9-16-12(14)17(13)8-10-4-5-10/h2-3,6-7,10H,4-5,8-9H2,1H3,(H2,14,16). The quantitative estimate of drug-likeness (QED) is 0.852. The maximum absolute atomic E-state index is 6.02. The van der Waals surface area contributed by atoms with Gasteiger partial charge in [-0.3, -0.25) is 9.98 Å². The summed E-state index contributed by atoms with van der Waals surface area (Å²) in [7, 11) is 0. The van der Waals surface area contributed by atoms with E-state index in [0.29, 0.717) is 5.96 Å². The van der Waals surface area contributed by atoms with Gasteiger partial charge in [0.15, 0.2) is 5.96 Å². The third-order valence-corrected chi connectivity index (χ3v) is 3.84. The molecule has 0 spiro atoms. The first-order chi connectivity index (χ1) is 8.20. The van der Waals surface area contributed by atoms with Gasteiger partial charge < -0.3 is 10.6 Å². The molecular weight excluding hydrogens is 212 g/mol. The van der Waals surface area contributed by atoms with Crippen molar-refractivity contribution in [3.05, 3.63) is 30.1 Å². The Morgan fingerprint density at radius 2 is 2.35 bits per heavy atom. The van der Waals surface area contributed by atoms with Crippen LogP contribution in [0.5, 0.6) is 0 Å². The zero-order valence-corrected chi connectivity index (χ0v) is 10.1. The summed E-state index contributed by atoms with van der Waals surface area (Å²) in [6.07, 6.45) is 6.38. The van der Waals surface area contributed by atoms with Crippen LogP contribution in [-0.4, -0.2) is 28.9 Å². The molecule has 3 rings (SSSR count). The predicted molar refractivity (Wildman–Crippen MR) is 67.5 cm³/mol. The lowest BCUT2D eigenvalue weighted by molar-refractivity contribution is 0.216. The van der Waals surface area contributed by atoms with E-state index in [0.717, 1.165) is 19.0 Å². The first kappa shape index (κ1) is 10.6. The molecule has 0 bridgehead atoms. The van der Waals surface area contributed by atoms with Gasteiger partial charge >= 0.3 is 0 Å². The Hall–Kier alpha value is -1.58. The Balaban J connectivity index is 1.90. The molecule has 0 aromatic carbocycles. The second-order valence-corrected chi connectivity index (χ2v) is 5.24. The molecule has 1 aromatic heterocycles. The van der Waals surface area contributed by atoms with Crippen molar-refractivity contribution >= 4 is 5.96 Å². The molecule has 1 aromatic rings. The Labute approximate surface area is 102 Å². The van der Waals surface area contributed by atoms with Gasteiger partial charge in [0.2, 0.25) is 0 Å². The lowest BCUT2D eigenvalue weighted by Crippen LogP contribution is -2.48. The van der Waals surface area contributed by atoms with E-state index in [2.05, 4.69) is 27.9 Å². The average Bonchev–Trinajstić information content (AvgIpc) is 3.13. The van der Waals surface area contributed by atoms with E-state index < -0.39 is 0 Å². The number of nitrogens with zero attached hydrogens (tertiary/aromatic N) is 3. The van der Waals surface area contributed by atoms with Gasteiger partial charge in [-0.05, 0) is 37.3 Å². The van der Waals surface area contributed by atoms with Crippen LogP contribution in [-0.2, 0) is 5.54 Å². The summed E-state index contributed by atoms with van der Waals surface area (Å²) < 4.78 is 0. The molecule has 2 aliphatic rings. The van der Waals surface area contributed by atoms with Crippen molar-refractivity contribution < 1.29 is 0 Å². The van der Waals surface area contributed by atoms with Gasteiger partial charge in [0, 0.05) is 18.9 Å². The second kappa shape index (κ2) is 3.72. The molecule has 1 unspecified atom stereocenters. The summed E-state index contributed by atoms with van der Waals surface area (Å²) in [5, 5.41) is 0. The highest BCUT2D eigenvalue weighted by atomic mass is 15.4. The van der Waals surface area contributed by atoms with E-state index in [-0.39, 0.29) is 5.54 Å². The highest BCUT2D eigenvalue weighted by Crippen LogP contribution is 2.37. The molecule has 2 N–H and O–H groups in total. The summed E-state index contributed by atoms with van der Waals surface area (Å²) in [5.74, 6) is 1.49. The highest BCUT2D eigenvalue weighted by molar-refractivity contribution is 5.81. The maximum atomic E-state index is 6.02. The lowest BCUT2D eigenvalue weighted by atomic mass is 9.92. The number of pyridine rings is 1.